The van der Waals surface area contributed by atoms with E-state index in [9.17, 15) is 43.2 Å². The zero-order valence-corrected chi connectivity index (χ0v) is 65.7. The van der Waals surface area contributed by atoms with E-state index < -0.39 is 97.5 Å². The molecule has 17 nitrogen and oxygen atoms in total. The minimum absolute atomic E-state index is 0.105. The minimum atomic E-state index is -4.96. The molecule has 0 aromatic carbocycles. The summed E-state index contributed by atoms with van der Waals surface area (Å²) < 4.78 is 68.6. The van der Waals surface area contributed by atoms with Crippen LogP contribution >= 0.6 is 15.6 Å². The lowest BCUT2D eigenvalue weighted by molar-refractivity contribution is -0.161. The standard InChI is InChI=1S/C79H154O17P2/c1-6-9-12-15-18-21-24-26-28-30-31-32-33-35-37-40-43-49-54-59-64-78(83)95-74(68-90-77(82)63-58-53-48-42-39-36-34-29-27-25-22-19-16-13-10-7-2)70-93-97(85,86)91-66-73(80)67-92-98(87,88)94-71-75(96-79(84)65-60-55-50-45-44-46-51-56-61-72(4)5)69-89-76(81)62-57-52-47-41-38-23-20-17-14-11-8-3/h72-75,80H,6-71H2,1-5H3,(H,85,86)(H,87,88)/t73-,74-,75-/m1/s1. The molecule has 98 heavy (non-hydrogen) atoms. The van der Waals surface area contributed by atoms with Crippen LogP contribution < -0.4 is 0 Å². The van der Waals surface area contributed by atoms with Gasteiger partial charge in [0.2, 0.25) is 0 Å². The van der Waals surface area contributed by atoms with Gasteiger partial charge in [-0.25, -0.2) is 9.13 Å². The first-order chi connectivity index (χ1) is 47.5. The fourth-order valence-corrected chi connectivity index (χ4v) is 13.8. The van der Waals surface area contributed by atoms with Gasteiger partial charge in [-0.15, -0.1) is 0 Å². The van der Waals surface area contributed by atoms with Crippen LogP contribution in [-0.4, -0.2) is 96.7 Å². The van der Waals surface area contributed by atoms with Crippen molar-refractivity contribution in [3.05, 3.63) is 0 Å². The van der Waals surface area contributed by atoms with Crippen molar-refractivity contribution in [3.63, 3.8) is 0 Å². The molecule has 5 atom stereocenters. The Morgan fingerprint density at radius 3 is 0.694 bits per heavy atom. The number of hydrogen-bond donors (Lipinski definition) is 3. The second kappa shape index (κ2) is 72.0. The van der Waals surface area contributed by atoms with E-state index in [4.69, 9.17) is 37.0 Å². The SMILES string of the molecule is CCCCCCCCCCCCCCCCCCCCCCC(=O)O[C@H](COC(=O)CCCCCCCCCCCCCCCCCC)COP(=O)(O)OC[C@@H](O)COP(=O)(O)OC[C@@H](COC(=O)CCCCCCCCCCCCC)OC(=O)CCCCCCCCCCC(C)C. The Bertz CT molecular complexity index is 1870. The van der Waals surface area contributed by atoms with Gasteiger partial charge in [-0.3, -0.25) is 37.3 Å². The summed E-state index contributed by atoms with van der Waals surface area (Å²) in [6.07, 6.45) is 62.5. The van der Waals surface area contributed by atoms with Crippen LogP contribution in [0.25, 0.3) is 0 Å². The van der Waals surface area contributed by atoms with Gasteiger partial charge in [-0.1, -0.05) is 369 Å². The fraction of sp³-hybridized carbons (Fsp3) is 0.949. The van der Waals surface area contributed by atoms with Gasteiger partial charge in [0.05, 0.1) is 26.4 Å². The number of aliphatic hydroxyl groups excluding tert-OH is 1. The molecule has 0 aliphatic carbocycles. The van der Waals surface area contributed by atoms with Crippen molar-refractivity contribution < 1.29 is 80.2 Å². The number of carbonyl (C=O) groups is 4. The molecule has 0 rings (SSSR count). The number of phosphoric acid groups is 2. The van der Waals surface area contributed by atoms with Crippen molar-refractivity contribution in [3.8, 4) is 0 Å². The average molecular weight is 1440 g/mol. The van der Waals surface area contributed by atoms with E-state index in [1.807, 2.05) is 0 Å². The quantitative estimate of drug-likeness (QED) is 0.0222. The molecular formula is C79H154O17P2. The van der Waals surface area contributed by atoms with Gasteiger partial charge in [0, 0.05) is 25.7 Å². The Kier molecular flexibility index (Phi) is 70.6. The summed E-state index contributed by atoms with van der Waals surface area (Å²) >= 11 is 0. The van der Waals surface area contributed by atoms with Crippen LogP contribution in [0.5, 0.6) is 0 Å². The highest BCUT2D eigenvalue weighted by molar-refractivity contribution is 7.47. The molecule has 0 spiro atoms. The first kappa shape index (κ1) is 96.1. The molecule has 0 fully saturated rings. The van der Waals surface area contributed by atoms with Crippen LogP contribution in [0.15, 0.2) is 0 Å². The zero-order valence-electron chi connectivity index (χ0n) is 63.9. The highest BCUT2D eigenvalue weighted by Crippen LogP contribution is 2.45. The lowest BCUT2D eigenvalue weighted by Gasteiger charge is -2.21. The molecule has 0 aliphatic heterocycles. The first-order valence-corrected chi connectivity index (χ1v) is 44.1. The Morgan fingerprint density at radius 1 is 0.276 bits per heavy atom. The van der Waals surface area contributed by atoms with Gasteiger partial charge >= 0.3 is 39.5 Å². The van der Waals surface area contributed by atoms with E-state index in [1.165, 1.54) is 244 Å². The molecule has 0 radical (unpaired) electrons. The summed E-state index contributed by atoms with van der Waals surface area (Å²) in [6, 6.07) is 0. The maximum atomic E-state index is 13.1. The summed E-state index contributed by atoms with van der Waals surface area (Å²) in [6.45, 7) is 7.27. The van der Waals surface area contributed by atoms with Gasteiger partial charge < -0.3 is 33.8 Å². The van der Waals surface area contributed by atoms with E-state index in [0.29, 0.717) is 25.7 Å². The topological polar surface area (TPSA) is 237 Å². The van der Waals surface area contributed by atoms with E-state index in [-0.39, 0.29) is 25.7 Å². The molecule has 0 heterocycles. The maximum Gasteiger partial charge on any atom is 0.472 e. The Labute approximate surface area is 600 Å². The van der Waals surface area contributed by atoms with Crippen molar-refractivity contribution in [2.75, 3.05) is 39.6 Å². The van der Waals surface area contributed by atoms with E-state index in [2.05, 4.69) is 34.6 Å². The van der Waals surface area contributed by atoms with Gasteiger partial charge in [0.15, 0.2) is 12.2 Å². The van der Waals surface area contributed by atoms with E-state index >= 15 is 0 Å². The van der Waals surface area contributed by atoms with Gasteiger partial charge in [0.25, 0.3) is 0 Å². The van der Waals surface area contributed by atoms with Crippen LogP contribution in [0.1, 0.15) is 420 Å². The number of esters is 4. The van der Waals surface area contributed by atoms with E-state index in [1.54, 1.807) is 0 Å². The van der Waals surface area contributed by atoms with Crippen molar-refractivity contribution in [2.45, 2.75) is 438 Å². The highest BCUT2D eigenvalue weighted by Gasteiger charge is 2.30. The Hall–Kier alpha value is -1.94. The molecular weight excluding hydrogens is 1280 g/mol. The van der Waals surface area contributed by atoms with Crippen LogP contribution in [0.3, 0.4) is 0 Å². The third-order valence-corrected chi connectivity index (χ3v) is 20.4. The fourth-order valence-electron chi connectivity index (χ4n) is 12.2. The number of phosphoric ester groups is 2. The Morgan fingerprint density at radius 2 is 0.469 bits per heavy atom. The molecule has 582 valence electrons. The summed E-state index contributed by atoms with van der Waals surface area (Å²) in [5.74, 6) is -1.39. The average Bonchev–Trinajstić information content (AvgIpc) is 0.959. The number of carbonyl (C=O) groups excluding carboxylic acids is 4. The third-order valence-electron chi connectivity index (χ3n) is 18.5. The molecule has 19 heteroatoms. The van der Waals surface area contributed by atoms with Crippen LogP contribution in [-0.2, 0) is 65.4 Å². The second-order valence-electron chi connectivity index (χ2n) is 28.9. The summed E-state index contributed by atoms with van der Waals surface area (Å²) in [5, 5.41) is 10.6. The van der Waals surface area contributed by atoms with Crippen LogP contribution in [0, 0.1) is 5.92 Å². The predicted molar refractivity (Wildman–Crippen MR) is 400 cm³/mol. The normalized spacial score (nSPS) is 13.9. The lowest BCUT2D eigenvalue weighted by Crippen LogP contribution is -2.30. The monoisotopic (exact) mass is 1440 g/mol. The number of rotatable bonds is 79. The molecule has 0 aromatic rings. The largest absolute Gasteiger partial charge is 0.472 e. The number of hydrogen-bond acceptors (Lipinski definition) is 15. The maximum absolute atomic E-state index is 13.1. The van der Waals surface area contributed by atoms with Gasteiger partial charge in [-0.05, 0) is 31.6 Å². The van der Waals surface area contributed by atoms with Crippen molar-refractivity contribution in [1.82, 2.24) is 0 Å². The van der Waals surface area contributed by atoms with Gasteiger partial charge in [0.1, 0.15) is 19.3 Å². The second-order valence-corrected chi connectivity index (χ2v) is 31.8. The van der Waals surface area contributed by atoms with E-state index in [0.717, 1.165) is 95.8 Å². The van der Waals surface area contributed by atoms with Crippen LogP contribution in [0.4, 0.5) is 0 Å². The van der Waals surface area contributed by atoms with Crippen LogP contribution in [0.2, 0.25) is 0 Å². The molecule has 0 saturated carbocycles. The Balaban J connectivity index is 5.22. The molecule has 0 aromatic heterocycles. The molecule has 0 saturated heterocycles. The summed E-state index contributed by atoms with van der Waals surface area (Å²) in [5.41, 5.74) is 0. The minimum Gasteiger partial charge on any atom is -0.462 e. The molecule has 0 bridgehead atoms. The summed E-state index contributed by atoms with van der Waals surface area (Å²) in [4.78, 5) is 72.9. The molecule has 2 unspecified atom stereocenters. The van der Waals surface area contributed by atoms with Crippen molar-refractivity contribution >= 4 is 39.5 Å². The summed E-state index contributed by atoms with van der Waals surface area (Å²) in [7, 11) is -9.91. The smallest absolute Gasteiger partial charge is 0.462 e. The third kappa shape index (κ3) is 72.4. The first-order valence-electron chi connectivity index (χ1n) is 41.1. The van der Waals surface area contributed by atoms with Crippen molar-refractivity contribution in [2.24, 2.45) is 5.92 Å². The predicted octanol–water partition coefficient (Wildman–Crippen LogP) is 23.6. The molecule has 0 amide bonds. The zero-order chi connectivity index (χ0) is 71.9. The molecule has 0 aliphatic rings. The number of aliphatic hydroxyl groups is 1. The lowest BCUT2D eigenvalue weighted by atomic mass is 10.0. The number of unbranched alkanes of at least 4 members (excludes halogenated alkanes) is 51. The highest BCUT2D eigenvalue weighted by atomic mass is 31.2. The van der Waals surface area contributed by atoms with Gasteiger partial charge in [-0.2, -0.15) is 0 Å². The molecule has 3 N–H and O–H groups in total. The number of ether oxygens (including phenoxy) is 4. The van der Waals surface area contributed by atoms with Crippen molar-refractivity contribution in [1.29, 1.82) is 0 Å².